The first-order chi connectivity index (χ1) is 14.5. The van der Waals surface area contributed by atoms with E-state index in [1.54, 1.807) is 12.1 Å². The Morgan fingerprint density at radius 1 is 1.27 bits per heavy atom. The van der Waals surface area contributed by atoms with Crippen LogP contribution in [0.1, 0.15) is 24.0 Å². The Labute approximate surface area is 179 Å². The third kappa shape index (κ3) is 4.86. The summed E-state index contributed by atoms with van der Waals surface area (Å²) in [6.45, 7) is 3.70. The third-order valence-corrected chi connectivity index (χ3v) is 5.63. The largest absolute Gasteiger partial charge is 0.376 e. The predicted molar refractivity (Wildman–Crippen MR) is 121 cm³/mol. The molecule has 1 aliphatic heterocycles. The summed E-state index contributed by atoms with van der Waals surface area (Å²) in [4.78, 5) is 17.6. The zero-order chi connectivity index (χ0) is 21.1. The van der Waals surface area contributed by atoms with Crippen molar-refractivity contribution in [2.75, 3.05) is 18.5 Å². The second-order valence-electron chi connectivity index (χ2n) is 7.67. The van der Waals surface area contributed by atoms with Gasteiger partial charge in [0, 0.05) is 29.9 Å². The highest BCUT2D eigenvalue weighted by Gasteiger charge is 2.22. The Morgan fingerprint density at radius 3 is 2.80 bits per heavy atom. The van der Waals surface area contributed by atoms with Crippen molar-refractivity contribution in [3.05, 3.63) is 75.8 Å². The van der Waals surface area contributed by atoms with Gasteiger partial charge in [-0.25, -0.2) is 4.39 Å². The van der Waals surface area contributed by atoms with Crippen LogP contribution in [0.25, 0.3) is 10.9 Å². The van der Waals surface area contributed by atoms with E-state index in [1.165, 1.54) is 12.1 Å². The Hall–Kier alpha value is -2.77. The van der Waals surface area contributed by atoms with E-state index in [4.69, 9.17) is 17.0 Å². The fourth-order valence-electron chi connectivity index (χ4n) is 3.68. The fourth-order valence-corrected chi connectivity index (χ4v) is 3.94. The lowest BCUT2D eigenvalue weighted by Gasteiger charge is -2.28. The summed E-state index contributed by atoms with van der Waals surface area (Å²) in [6, 6.07) is 13.9. The normalized spacial score (nSPS) is 16.0. The van der Waals surface area contributed by atoms with Crippen LogP contribution in [0.4, 0.5) is 10.1 Å². The van der Waals surface area contributed by atoms with Gasteiger partial charge in [-0.15, -0.1) is 0 Å². The number of nitrogens with zero attached hydrogens (tertiary/aromatic N) is 1. The highest BCUT2D eigenvalue weighted by Crippen LogP contribution is 2.18. The number of pyridine rings is 1. The lowest BCUT2D eigenvalue weighted by molar-refractivity contribution is 0.0904. The molecule has 30 heavy (non-hydrogen) atoms. The Bertz CT molecular complexity index is 1110. The fraction of sp³-hybridized carbons (Fsp3) is 0.304. The summed E-state index contributed by atoms with van der Waals surface area (Å²) in [5.41, 5.74) is 3.14. The van der Waals surface area contributed by atoms with Crippen molar-refractivity contribution in [1.82, 2.24) is 9.88 Å². The van der Waals surface area contributed by atoms with E-state index in [0.29, 0.717) is 29.5 Å². The van der Waals surface area contributed by atoms with Crippen molar-refractivity contribution in [3.8, 4) is 0 Å². The number of fused-ring (bicyclic) bond motifs is 1. The minimum atomic E-state index is -0.305. The molecule has 5 nitrogen and oxygen atoms in total. The van der Waals surface area contributed by atoms with Crippen molar-refractivity contribution in [2.45, 2.75) is 32.4 Å². The van der Waals surface area contributed by atoms with Crippen LogP contribution >= 0.6 is 12.2 Å². The highest BCUT2D eigenvalue weighted by molar-refractivity contribution is 7.80. The molecule has 2 N–H and O–H groups in total. The maximum atomic E-state index is 13.2. The molecule has 0 saturated carbocycles. The number of aromatic amines is 1. The number of hydrogen-bond acceptors (Lipinski definition) is 3. The van der Waals surface area contributed by atoms with Crippen LogP contribution < -0.4 is 10.9 Å². The van der Waals surface area contributed by atoms with Crippen molar-refractivity contribution < 1.29 is 9.13 Å². The van der Waals surface area contributed by atoms with Gasteiger partial charge >= 0.3 is 0 Å². The topological polar surface area (TPSA) is 57.4 Å². The standard InChI is InChI=1S/C23H24FN3O2S/c1-15-4-9-21-16(11-15)12-17(22(28)26-21)13-27(14-20-3-2-10-29-20)23(30)25-19-7-5-18(24)6-8-19/h4-9,11-12,20H,2-3,10,13-14H2,1H3,(H,25,30)(H,26,28)/t20-/m1/s1. The van der Waals surface area contributed by atoms with E-state index in [1.807, 2.05) is 36.1 Å². The predicted octanol–water partition coefficient (Wildman–Crippen LogP) is 4.35. The summed E-state index contributed by atoms with van der Waals surface area (Å²) in [5, 5.41) is 4.61. The molecule has 7 heteroatoms. The monoisotopic (exact) mass is 425 g/mol. The van der Waals surface area contributed by atoms with Gasteiger partial charge in [0.05, 0.1) is 12.6 Å². The van der Waals surface area contributed by atoms with Gasteiger partial charge in [-0.1, -0.05) is 11.6 Å². The zero-order valence-electron chi connectivity index (χ0n) is 16.8. The lowest BCUT2D eigenvalue weighted by Crippen LogP contribution is -2.40. The van der Waals surface area contributed by atoms with Crippen LogP contribution in [0.2, 0.25) is 0 Å². The number of thiocarbonyl (C=S) groups is 1. The minimum Gasteiger partial charge on any atom is -0.376 e. The molecule has 1 fully saturated rings. The van der Waals surface area contributed by atoms with Crippen LogP contribution in [-0.4, -0.2) is 34.3 Å². The first-order valence-electron chi connectivity index (χ1n) is 10.0. The summed E-state index contributed by atoms with van der Waals surface area (Å²) in [5.74, 6) is -0.305. The molecule has 2 aromatic carbocycles. The average Bonchev–Trinajstić information content (AvgIpc) is 3.23. The molecule has 1 aliphatic rings. The number of hydrogen-bond donors (Lipinski definition) is 2. The smallest absolute Gasteiger partial charge is 0.253 e. The molecule has 0 bridgehead atoms. The minimum absolute atomic E-state index is 0.0692. The molecule has 0 unspecified atom stereocenters. The molecular formula is C23H24FN3O2S. The molecular weight excluding hydrogens is 401 g/mol. The van der Waals surface area contributed by atoms with Crippen LogP contribution in [-0.2, 0) is 11.3 Å². The number of H-pyrrole nitrogens is 1. The van der Waals surface area contributed by atoms with Gasteiger partial charge in [0.1, 0.15) is 5.82 Å². The quantitative estimate of drug-likeness (QED) is 0.595. The van der Waals surface area contributed by atoms with Crippen LogP contribution in [0.5, 0.6) is 0 Å². The second-order valence-corrected chi connectivity index (χ2v) is 8.05. The van der Waals surface area contributed by atoms with Gasteiger partial charge in [0.15, 0.2) is 5.11 Å². The SMILES string of the molecule is Cc1ccc2[nH]c(=O)c(CN(C[C@H]3CCCO3)C(=S)Nc3ccc(F)cc3)cc2c1. The molecule has 4 rings (SSSR count). The van der Waals surface area contributed by atoms with E-state index in [2.05, 4.69) is 10.3 Å². The van der Waals surface area contributed by atoms with Crippen molar-refractivity contribution in [2.24, 2.45) is 0 Å². The van der Waals surface area contributed by atoms with Gasteiger partial charge in [-0.2, -0.15) is 0 Å². The molecule has 1 atom stereocenters. The van der Waals surface area contributed by atoms with Gasteiger partial charge in [-0.3, -0.25) is 4.79 Å². The number of rotatable bonds is 5. The zero-order valence-corrected chi connectivity index (χ0v) is 17.6. The Kier molecular flexibility index (Phi) is 6.11. The molecule has 0 amide bonds. The molecule has 0 radical (unpaired) electrons. The van der Waals surface area contributed by atoms with Crippen LogP contribution in [0.3, 0.4) is 0 Å². The van der Waals surface area contributed by atoms with Crippen molar-refractivity contribution in [3.63, 3.8) is 0 Å². The second kappa shape index (κ2) is 8.93. The molecule has 156 valence electrons. The molecule has 2 heterocycles. The molecule has 0 spiro atoms. The van der Waals surface area contributed by atoms with E-state index in [0.717, 1.165) is 35.9 Å². The number of anilines is 1. The van der Waals surface area contributed by atoms with E-state index in [-0.39, 0.29) is 17.5 Å². The lowest BCUT2D eigenvalue weighted by atomic mass is 10.1. The maximum absolute atomic E-state index is 13.2. The summed E-state index contributed by atoms with van der Waals surface area (Å²) in [7, 11) is 0. The van der Waals surface area contributed by atoms with Crippen LogP contribution in [0, 0.1) is 12.7 Å². The van der Waals surface area contributed by atoms with Gasteiger partial charge < -0.3 is 19.9 Å². The number of benzene rings is 2. The van der Waals surface area contributed by atoms with Crippen LogP contribution in [0.15, 0.2) is 53.3 Å². The van der Waals surface area contributed by atoms with E-state index >= 15 is 0 Å². The number of ether oxygens (including phenoxy) is 1. The first kappa shape index (κ1) is 20.5. The molecule has 1 saturated heterocycles. The molecule has 3 aromatic rings. The third-order valence-electron chi connectivity index (χ3n) is 5.27. The van der Waals surface area contributed by atoms with E-state index < -0.39 is 0 Å². The number of aryl methyl sites for hydroxylation is 1. The molecule has 1 aromatic heterocycles. The van der Waals surface area contributed by atoms with Gasteiger partial charge in [0.25, 0.3) is 5.56 Å². The first-order valence-corrected chi connectivity index (χ1v) is 10.4. The maximum Gasteiger partial charge on any atom is 0.253 e. The molecule has 0 aliphatic carbocycles. The van der Waals surface area contributed by atoms with Crippen molar-refractivity contribution in [1.29, 1.82) is 0 Å². The van der Waals surface area contributed by atoms with E-state index in [9.17, 15) is 9.18 Å². The number of halogens is 1. The Morgan fingerprint density at radius 2 is 2.07 bits per heavy atom. The average molecular weight is 426 g/mol. The Balaban J connectivity index is 1.59. The summed E-state index contributed by atoms with van der Waals surface area (Å²) >= 11 is 5.64. The van der Waals surface area contributed by atoms with Crippen molar-refractivity contribution >= 4 is 33.9 Å². The van der Waals surface area contributed by atoms with Gasteiger partial charge in [0.2, 0.25) is 0 Å². The summed E-state index contributed by atoms with van der Waals surface area (Å²) < 4.78 is 19.0. The van der Waals surface area contributed by atoms with Gasteiger partial charge in [-0.05, 0) is 79.8 Å². The highest BCUT2D eigenvalue weighted by atomic mass is 32.1. The number of nitrogens with one attached hydrogen (secondary N) is 2. The number of aromatic nitrogens is 1. The summed E-state index contributed by atoms with van der Waals surface area (Å²) in [6.07, 6.45) is 2.05.